The summed E-state index contributed by atoms with van der Waals surface area (Å²) in [7, 11) is 2.01. The van der Waals surface area contributed by atoms with Crippen molar-refractivity contribution in [2.75, 3.05) is 13.6 Å². The molecule has 0 spiro atoms. The molecule has 3 unspecified atom stereocenters. The molecule has 1 amide bonds. The number of halogens is 2. The van der Waals surface area contributed by atoms with Gasteiger partial charge in [-0.1, -0.05) is 25.7 Å². The summed E-state index contributed by atoms with van der Waals surface area (Å²) in [5.41, 5.74) is 3.11. The van der Waals surface area contributed by atoms with Crippen LogP contribution in [-0.4, -0.2) is 50.3 Å². The van der Waals surface area contributed by atoms with Gasteiger partial charge in [-0.3, -0.25) is 9.48 Å². The van der Waals surface area contributed by atoms with Gasteiger partial charge in [0, 0.05) is 31.6 Å². The van der Waals surface area contributed by atoms with Gasteiger partial charge in [0.15, 0.2) is 5.65 Å². The van der Waals surface area contributed by atoms with Crippen LogP contribution in [0, 0.1) is 29.1 Å². The van der Waals surface area contributed by atoms with Crippen molar-refractivity contribution in [3.63, 3.8) is 0 Å². The van der Waals surface area contributed by atoms with Crippen molar-refractivity contribution >= 4 is 17.6 Å². The maximum Gasteiger partial charge on any atom is 0.243 e. The Morgan fingerprint density at radius 2 is 1.91 bits per heavy atom. The van der Waals surface area contributed by atoms with Crippen molar-refractivity contribution in [3.8, 4) is 0 Å². The monoisotopic (exact) mass is 593 g/mol. The number of hydrogen-bond donors (Lipinski definition) is 2. The lowest BCUT2D eigenvalue weighted by Crippen LogP contribution is -2.53. The second-order valence-electron chi connectivity index (χ2n) is 12.3. The first-order valence-corrected chi connectivity index (χ1v) is 15.7. The van der Waals surface area contributed by atoms with E-state index < -0.39 is 17.8 Å². The molecule has 6 rings (SSSR count). The molecule has 4 heterocycles. The highest BCUT2D eigenvalue weighted by molar-refractivity contribution is 5.87. The van der Waals surface area contributed by atoms with Gasteiger partial charge in [-0.25, -0.2) is 18.3 Å². The highest BCUT2D eigenvalue weighted by Crippen LogP contribution is 2.54. The van der Waals surface area contributed by atoms with Crippen molar-refractivity contribution in [2.24, 2.45) is 29.1 Å². The minimum absolute atomic E-state index is 0.00114. The maximum absolute atomic E-state index is 13.6. The van der Waals surface area contributed by atoms with E-state index in [9.17, 15) is 13.6 Å². The summed E-state index contributed by atoms with van der Waals surface area (Å²) >= 11 is 0. The van der Waals surface area contributed by atoms with Gasteiger partial charge in [0.1, 0.15) is 0 Å². The Kier molecular flexibility index (Phi) is 9.44. The number of carbonyl (C=O) groups is 1. The molecule has 3 aliphatic rings. The molecule has 10 heteroatoms. The smallest absolute Gasteiger partial charge is 0.243 e. The first-order valence-electron chi connectivity index (χ1n) is 15.7. The lowest BCUT2D eigenvalue weighted by Gasteiger charge is -2.41. The summed E-state index contributed by atoms with van der Waals surface area (Å²) in [5.74, 6) is 1.07. The third-order valence-corrected chi connectivity index (χ3v) is 9.51. The second kappa shape index (κ2) is 13.1. The molecule has 2 N–H and O–H groups in total. The molecule has 0 bridgehead atoms. The second-order valence-corrected chi connectivity index (χ2v) is 12.3. The van der Waals surface area contributed by atoms with Crippen molar-refractivity contribution < 1.29 is 13.6 Å². The van der Waals surface area contributed by atoms with E-state index in [1.54, 1.807) is 16.8 Å². The van der Waals surface area contributed by atoms with Crippen LogP contribution < -0.4 is 10.6 Å². The molecule has 232 valence electrons. The van der Waals surface area contributed by atoms with Gasteiger partial charge in [0.2, 0.25) is 12.3 Å². The van der Waals surface area contributed by atoms with Crippen LogP contribution in [0.3, 0.4) is 0 Å². The number of amides is 1. The summed E-state index contributed by atoms with van der Waals surface area (Å²) in [6, 6.07) is 5.92. The number of hydrogen-bond acceptors (Lipinski definition) is 5. The average Bonchev–Trinajstić information content (AvgIpc) is 3.94. The Hall–Kier alpha value is -3.40. The number of aromatic nitrogens is 5. The van der Waals surface area contributed by atoms with Gasteiger partial charge in [0.05, 0.1) is 34.7 Å². The van der Waals surface area contributed by atoms with Gasteiger partial charge in [-0.2, -0.15) is 10.2 Å². The largest absolute Gasteiger partial charge is 0.355 e. The van der Waals surface area contributed by atoms with E-state index in [1.165, 1.54) is 25.7 Å². The lowest BCUT2D eigenvalue weighted by atomic mass is 9.67. The van der Waals surface area contributed by atoms with Gasteiger partial charge >= 0.3 is 0 Å². The number of nitrogens with one attached hydrogen (secondary N) is 2. The minimum atomic E-state index is -2.49. The third-order valence-electron chi connectivity index (χ3n) is 9.51. The van der Waals surface area contributed by atoms with Crippen LogP contribution in [0.1, 0.15) is 75.5 Å². The SMILES string of the molecule is C=C(CC)C1(Cc2ccc3nc(C(NC)C(C4CC4)C4CC4)cn3n2)CC(C(F)F)CNC1=O.C=Cc1ccnn1CC. The number of imidazole rings is 1. The zero-order valence-corrected chi connectivity index (χ0v) is 25.6. The Morgan fingerprint density at radius 1 is 1.19 bits per heavy atom. The standard InChI is InChI=1S/C26H35F2N5O.C7H10N2/c1-4-15(2)26(11-18(24(27)28)13-30-25(26)34)12-19-9-10-21-31-20(14-33(21)32-19)23(29-3)22(16-5-6-16)17-7-8-17;1-3-7-5-6-8-9(7)4-2/h9-10,14,16-18,22-24,29H,2,4-8,11-13H2,1,3H3,(H,30,34);3,5-6H,1,4H2,2H3. The molecule has 3 atom stereocenters. The normalized spacial score (nSPS) is 22.8. The van der Waals surface area contributed by atoms with Gasteiger partial charge in [-0.15, -0.1) is 0 Å². The fourth-order valence-electron chi connectivity index (χ4n) is 6.81. The molecule has 2 saturated carbocycles. The zero-order valence-electron chi connectivity index (χ0n) is 25.6. The van der Waals surface area contributed by atoms with Crippen LogP contribution in [0.25, 0.3) is 11.7 Å². The highest BCUT2D eigenvalue weighted by Gasteiger charge is 2.48. The molecule has 8 nitrogen and oxygen atoms in total. The zero-order chi connectivity index (χ0) is 30.7. The number of alkyl halides is 2. The van der Waals surface area contributed by atoms with Crippen molar-refractivity contribution in [1.29, 1.82) is 0 Å². The predicted molar refractivity (Wildman–Crippen MR) is 164 cm³/mol. The Bertz CT molecular complexity index is 1420. The summed E-state index contributed by atoms with van der Waals surface area (Å²) in [4.78, 5) is 17.9. The summed E-state index contributed by atoms with van der Waals surface area (Å²) in [6.07, 6.45) is 9.19. The van der Waals surface area contributed by atoms with Crippen molar-refractivity contribution in [1.82, 2.24) is 35.0 Å². The van der Waals surface area contributed by atoms with E-state index in [1.807, 2.05) is 43.0 Å². The number of nitrogens with zero attached hydrogens (tertiary/aromatic N) is 5. The quantitative estimate of drug-likeness (QED) is 0.257. The first-order chi connectivity index (χ1) is 20.7. The van der Waals surface area contributed by atoms with Crippen LogP contribution in [-0.2, 0) is 17.8 Å². The topological polar surface area (TPSA) is 89.1 Å². The van der Waals surface area contributed by atoms with Gasteiger partial charge in [0.25, 0.3) is 0 Å². The van der Waals surface area contributed by atoms with Crippen LogP contribution in [0.4, 0.5) is 8.78 Å². The van der Waals surface area contributed by atoms with Crippen LogP contribution >= 0.6 is 0 Å². The molecule has 0 radical (unpaired) electrons. The first kappa shape index (κ1) is 31.0. The molecule has 3 fully saturated rings. The molecule has 3 aromatic rings. The summed E-state index contributed by atoms with van der Waals surface area (Å²) in [5, 5.41) is 15.0. The van der Waals surface area contributed by atoms with E-state index in [-0.39, 0.29) is 31.3 Å². The Labute approximate surface area is 253 Å². The van der Waals surface area contributed by atoms with Crippen LogP contribution in [0.5, 0.6) is 0 Å². The van der Waals surface area contributed by atoms with Gasteiger partial charge in [-0.05, 0) is 94.5 Å². The maximum atomic E-state index is 13.6. The predicted octanol–water partition coefficient (Wildman–Crippen LogP) is 5.87. The molecule has 1 saturated heterocycles. The molecule has 43 heavy (non-hydrogen) atoms. The number of carbonyl (C=O) groups excluding carboxylic acids is 1. The number of fused-ring (bicyclic) bond motifs is 1. The van der Waals surface area contributed by atoms with E-state index in [2.05, 4.69) is 35.8 Å². The molecule has 0 aromatic carbocycles. The van der Waals surface area contributed by atoms with Crippen LogP contribution in [0.15, 0.2) is 49.3 Å². The number of rotatable bonds is 12. The molecule has 3 aromatic heterocycles. The van der Waals surface area contributed by atoms with E-state index in [0.717, 1.165) is 35.4 Å². The minimum Gasteiger partial charge on any atom is -0.355 e. The highest BCUT2D eigenvalue weighted by atomic mass is 19.3. The third kappa shape index (κ3) is 6.59. The van der Waals surface area contributed by atoms with E-state index >= 15 is 0 Å². The molecular weight excluding hydrogens is 548 g/mol. The van der Waals surface area contributed by atoms with E-state index in [4.69, 9.17) is 10.1 Å². The van der Waals surface area contributed by atoms with E-state index in [0.29, 0.717) is 23.6 Å². The summed E-state index contributed by atoms with van der Waals surface area (Å²) < 4.78 is 30.9. The fraction of sp³-hybridized carbons (Fsp3) is 0.576. The molecule has 2 aliphatic carbocycles. The number of piperidine rings is 1. The number of aryl methyl sites for hydroxylation is 1. The Balaban J connectivity index is 0.000000351. The summed E-state index contributed by atoms with van der Waals surface area (Å²) in [6.45, 7) is 12.6. The molecular formula is C33H45F2N7O. The Morgan fingerprint density at radius 3 is 2.47 bits per heavy atom. The van der Waals surface area contributed by atoms with Crippen molar-refractivity contribution in [3.05, 3.63) is 66.4 Å². The lowest BCUT2D eigenvalue weighted by molar-refractivity contribution is -0.134. The van der Waals surface area contributed by atoms with Gasteiger partial charge < -0.3 is 10.6 Å². The van der Waals surface area contributed by atoms with Crippen LogP contribution in [0.2, 0.25) is 0 Å². The fourth-order valence-corrected chi connectivity index (χ4v) is 6.81. The molecule has 1 aliphatic heterocycles. The van der Waals surface area contributed by atoms with Crippen molar-refractivity contribution in [2.45, 2.75) is 77.8 Å². The average molecular weight is 594 g/mol.